The predicted molar refractivity (Wildman–Crippen MR) is 70.7 cm³/mol. The fourth-order valence-electron chi connectivity index (χ4n) is 1.84. The van der Waals surface area contributed by atoms with Crippen LogP contribution in [0.5, 0.6) is 0 Å². The van der Waals surface area contributed by atoms with Crippen LogP contribution in [0.2, 0.25) is 0 Å². The van der Waals surface area contributed by atoms with Gasteiger partial charge in [0, 0.05) is 6.20 Å². The summed E-state index contributed by atoms with van der Waals surface area (Å²) in [6.07, 6.45) is 1.94. The van der Waals surface area contributed by atoms with E-state index >= 15 is 0 Å². The number of nitrogen functional groups attached to an aromatic ring is 1. The minimum atomic E-state index is -3.67. The highest BCUT2D eigenvalue weighted by Gasteiger charge is 2.28. The zero-order chi connectivity index (χ0) is 14.0. The number of nitrogens with two attached hydrogens (primary N) is 1. The highest BCUT2D eigenvalue weighted by Crippen LogP contribution is 2.38. The molecule has 4 N–H and O–H groups in total. The number of aromatic nitrogens is 2. The Kier molecular flexibility index (Phi) is 4.34. The summed E-state index contributed by atoms with van der Waals surface area (Å²) in [7, 11) is 0. The summed E-state index contributed by atoms with van der Waals surface area (Å²) in [6.45, 7) is -3.69. The molecule has 1 saturated heterocycles. The normalized spacial score (nSPS) is 23.7. The zero-order valence-corrected chi connectivity index (χ0v) is 11.6. The average Bonchev–Trinajstić information content (AvgIpc) is 2.74. The molecule has 1 aliphatic rings. The van der Waals surface area contributed by atoms with E-state index in [0.29, 0.717) is 12.8 Å². The highest BCUT2D eigenvalue weighted by atomic mass is 32.5. The van der Waals surface area contributed by atoms with Gasteiger partial charge in [0.2, 0.25) is 0 Å². The Balaban J connectivity index is 1.98. The van der Waals surface area contributed by atoms with Crippen molar-refractivity contribution in [1.29, 1.82) is 0 Å². The molecule has 0 radical (unpaired) electrons. The summed E-state index contributed by atoms with van der Waals surface area (Å²) < 4.78 is 11.6. The number of hydrogen-bond acceptors (Lipinski definition) is 6. The first-order valence-corrected chi connectivity index (χ1v) is 8.18. The van der Waals surface area contributed by atoms with Gasteiger partial charge in [-0.2, -0.15) is 4.98 Å². The Morgan fingerprint density at radius 1 is 1.63 bits per heavy atom. The van der Waals surface area contributed by atoms with Crippen LogP contribution in [0, 0.1) is 0 Å². The summed E-state index contributed by atoms with van der Waals surface area (Å²) in [6, 6.07) is 1.51. The minimum Gasteiger partial charge on any atom is -0.383 e. The van der Waals surface area contributed by atoms with E-state index in [2.05, 4.69) is 16.8 Å². The predicted octanol–water partition coefficient (Wildman–Crippen LogP) is -0.271. The van der Waals surface area contributed by atoms with Gasteiger partial charge in [0.05, 0.1) is 12.7 Å². The molecular formula is C9H14N3O5PS. The van der Waals surface area contributed by atoms with Gasteiger partial charge in [0.15, 0.2) is 0 Å². The molecule has 0 saturated carbocycles. The summed E-state index contributed by atoms with van der Waals surface area (Å²) in [5.74, 6) is 0.153. The first kappa shape index (κ1) is 14.6. The highest BCUT2D eigenvalue weighted by molar-refractivity contribution is 8.06. The Morgan fingerprint density at radius 3 is 3.00 bits per heavy atom. The molecule has 1 aromatic rings. The number of rotatable bonds is 4. The number of ether oxygens (including phenoxy) is 1. The van der Waals surface area contributed by atoms with Gasteiger partial charge in [0.25, 0.3) is 0 Å². The molecule has 2 atom stereocenters. The van der Waals surface area contributed by atoms with Crippen molar-refractivity contribution in [2.45, 2.75) is 25.2 Å². The van der Waals surface area contributed by atoms with Crippen LogP contribution in [-0.4, -0.2) is 32.0 Å². The van der Waals surface area contributed by atoms with Crippen LogP contribution >= 0.6 is 6.72 Å². The molecule has 0 spiro atoms. The van der Waals surface area contributed by atoms with Crippen molar-refractivity contribution in [2.75, 3.05) is 12.3 Å². The maximum atomic E-state index is 11.6. The van der Waals surface area contributed by atoms with Gasteiger partial charge in [-0.05, 0) is 30.7 Å². The van der Waals surface area contributed by atoms with Gasteiger partial charge < -0.3 is 24.8 Å². The first-order chi connectivity index (χ1) is 8.85. The van der Waals surface area contributed by atoms with Gasteiger partial charge in [-0.15, -0.1) is 0 Å². The first-order valence-electron chi connectivity index (χ1n) is 5.55. The fraction of sp³-hybridized carbons (Fsp3) is 0.556. The molecule has 1 aliphatic heterocycles. The third-order valence-electron chi connectivity index (χ3n) is 2.68. The lowest BCUT2D eigenvalue weighted by atomic mass is 10.2. The lowest BCUT2D eigenvalue weighted by Gasteiger charge is -2.16. The van der Waals surface area contributed by atoms with Crippen LogP contribution in [0.25, 0.3) is 0 Å². The van der Waals surface area contributed by atoms with E-state index in [1.807, 2.05) is 0 Å². The molecule has 0 bridgehead atoms. The van der Waals surface area contributed by atoms with E-state index in [9.17, 15) is 4.79 Å². The maximum absolute atomic E-state index is 11.6. The van der Waals surface area contributed by atoms with Crippen molar-refractivity contribution in [2.24, 2.45) is 0 Å². The third-order valence-corrected chi connectivity index (χ3v) is 3.48. The van der Waals surface area contributed by atoms with Crippen LogP contribution in [0.1, 0.15) is 19.1 Å². The summed E-state index contributed by atoms with van der Waals surface area (Å²) in [5, 5.41) is 0. The van der Waals surface area contributed by atoms with E-state index in [0.717, 1.165) is 0 Å². The van der Waals surface area contributed by atoms with Crippen molar-refractivity contribution in [1.82, 2.24) is 9.55 Å². The Labute approximate surface area is 114 Å². The summed E-state index contributed by atoms with van der Waals surface area (Å²) in [4.78, 5) is 33.2. The van der Waals surface area contributed by atoms with Gasteiger partial charge in [0.1, 0.15) is 12.0 Å². The summed E-state index contributed by atoms with van der Waals surface area (Å²) >= 11 is 4.34. The van der Waals surface area contributed by atoms with Crippen LogP contribution < -0.4 is 11.4 Å². The van der Waals surface area contributed by atoms with E-state index in [1.165, 1.54) is 16.8 Å². The van der Waals surface area contributed by atoms with Gasteiger partial charge in [-0.1, -0.05) is 0 Å². The second-order valence-electron chi connectivity index (χ2n) is 4.12. The Hall–Kier alpha value is -0.830. The second kappa shape index (κ2) is 5.66. The zero-order valence-electron chi connectivity index (χ0n) is 9.88. The molecule has 1 fully saturated rings. The average molecular weight is 307 g/mol. The van der Waals surface area contributed by atoms with E-state index < -0.39 is 18.6 Å². The molecule has 19 heavy (non-hydrogen) atoms. The number of anilines is 1. The molecule has 0 unspecified atom stereocenters. The molecule has 0 amide bonds. The molecule has 106 valence electrons. The van der Waals surface area contributed by atoms with Crippen LogP contribution in [0.4, 0.5) is 5.82 Å². The molecule has 8 nitrogen and oxygen atoms in total. The van der Waals surface area contributed by atoms with Crippen molar-refractivity contribution >= 4 is 24.3 Å². The third kappa shape index (κ3) is 4.07. The Bertz CT molecular complexity index is 559. The molecule has 2 rings (SSSR count). The standard InChI is InChI=1S/C9H14N3O5PS/c10-7-3-4-12(9(13)11-7)8-2-1-6(17-8)5-16-18(14,15)19/h3-4,6,8H,1-2,5H2,(H2,10,11,13)(H2,14,15,19)/t6-,8+/m0/s1. The topological polar surface area (TPSA) is 120 Å². The smallest absolute Gasteiger partial charge is 0.351 e. The largest absolute Gasteiger partial charge is 0.383 e. The van der Waals surface area contributed by atoms with Crippen LogP contribution in [0.3, 0.4) is 0 Å². The van der Waals surface area contributed by atoms with E-state index in [-0.39, 0.29) is 18.5 Å². The van der Waals surface area contributed by atoms with Crippen LogP contribution in [-0.2, 0) is 21.1 Å². The fourth-order valence-corrected chi connectivity index (χ4v) is 2.38. The monoisotopic (exact) mass is 307 g/mol. The quantitative estimate of drug-likeness (QED) is 0.650. The number of nitrogens with zero attached hydrogens (tertiary/aromatic N) is 2. The summed E-state index contributed by atoms with van der Waals surface area (Å²) in [5.41, 5.74) is 4.92. The van der Waals surface area contributed by atoms with E-state index in [4.69, 9.17) is 24.8 Å². The van der Waals surface area contributed by atoms with Crippen molar-refractivity contribution < 1.29 is 19.0 Å². The van der Waals surface area contributed by atoms with E-state index in [1.54, 1.807) is 0 Å². The molecule has 0 aliphatic carbocycles. The number of hydrogen-bond donors (Lipinski definition) is 3. The molecular weight excluding hydrogens is 293 g/mol. The lowest BCUT2D eigenvalue weighted by Crippen LogP contribution is -2.27. The second-order valence-corrected chi connectivity index (χ2v) is 6.79. The maximum Gasteiger partial charge on any atom is 0.351 e. The molecule has 0 aromatic carbocycles. The van der Waals surface area contributed by atoms with Crippen molar-refractivity contribution in [3.8, 4) is 0 Å². The lowest BCUT2D eigenvalue weighted by molar-refractivity contribution is -0.0217. The SMILES string of the molecule is Nc1ccn([C@H]2CC[C@@H](COP(O)(O)=S)O2)c(=O)n1. The van der Waals surface area contributed by atoms with Gasteiger partial charge >= 0.3 is 12.4 Å². The minimum absolute atomic E-state index is 0.0159. The molecule has 10 heteroatoms. The molecule has 2 heterocycles. The molecule has 1 aromatic heterocycles. The van der Waals surface area contributed by atoms with Crippen molar-refractivity contribution in [3.63, 3.8) is 0 Å². The van der Waals surface area contributed by atoms with Gasteiger partial charge in [-0.25, -0.2) is 4.79 Å². The Morgan fingerprint density at radius 2 is 2.37 bits per heavy atom. The van der Waals surface area contributed by atoms with Gasteiger partial charge in [-0.3, -0.25) is 4.57 Å². The van der Waals surface area contributed by atoms with Crippen molar-refractivity contribution in [3.05, 3.63) is 22.7 Å². The van der Waals surface area contributed by atoms with Crippen LogP contribution in [0.15, 0.2) is 17.1 Å².